The summed E-state index contributed by atoms with van der Waals surface area (Å²) in [5, 5.41) is 11.4. The maximum Gasteiger partial charge on any atom is 0.0847 e. The van der Waals surface area contributed by atoms with Gasteiger partial charge in [0.05, 0.1) is 11.2 Å². The van der Waals surface area contributed by atoms with Crippen LogP contribution in [0.2, 0.25) is 0 Å². The second kappa shape index (κ2) is 4.57. The van der Waals surface area contributed by atoms with Gasteiger partial charge in [0.15, 0.2) is 0 Å². The molecule has 0 amide bonds. The first kappa shape index (κ1) is 8.81. The highest BCUT2D eigenvalue weighted by Gasteiger charge is 1.87. The van der Waals surface area contributed by atoms with Crippen molar-refractivity contribution < 1.29 is 5.21 Å². The van der Waals surface area contributed by atoms with Gasteiger partial charge in [0.25, 0.3) is 0 Å². The summed E-state index contributed by atoms with van der Waals surface area (Å²) in [6.07, 6.45) is 2.88. The fourth-order valence-corrected chi connectivity index (χ4v) is 0.971. The normalized spacial score (nSPS) is 12.2. The quantitative estimate of drug-likeness (QED) is 0.425. The molecule has 12 heavy (non-hydrogen) atoms. The fourth-order valence-electron chi connectivity index (χ4n) is 0.801. The van der Waals surface area contributed by atoms with Crippen molar-refractivity contribution in [2.24, 2.45) is 5.16 Å². The number of oxime groups is 1. The molecule has 0 aromatic heterocycles. The highest BCUT2D eigenvalue weighted by Crippen LogP contribution is 2.07. The van der Waals surface area contributed by atoms with E-state index in [0.717, 1.165) is 5.56 Å². The molecule has 0 saturated carbocycles. The molecule has 0 spiro atoms. The Morgan fingerprint density at radius 3 is 2.58 bits per heavy atom. The van der Waals surface area contributed by atoms with E-state index in [0.29, 0.717) is 5.03 Å². The Morgan fingerprint density at radius 2 is 2.00 bits per heavy atom. The van der Waals surface area contributed by atoms with Crippen molar-refractivity contribution >= 4 is 23.9 Å². The molecular weight excluding hydrogens is 174 g/mol. The SMILES string of the molecule is O/N=C/C(Cl)=C/c1ccccc1. The van der Waals surface area contributed by atoms with Crippen molar-refractivity contribution in [2.45, 2.75) is 0 Å². The first-order chi connectivity index (χ1) is 5.83. The topological polar surface area (TPSA) is 32.6 Å². The van der Waals surface area contributed by atoms with Crippen molar-refractivity contribution in [3.8, 4) is 0 Å². The van der Waals surface area contributed by atoms with E-state index in [1.54, 1.807) is 6.08 Å². The molecule has 0 radical (unpaired) electrons. The predicted octanol–water partition coefficient (Wildman–Crippen LogP) is 2.73. The number of allylic oxidation sites excluding steroid dienone is 1. The molecule has 3 heteroatoms. The van der Waals surface area contributed by atoms with Gasteiger partial charge in [-0.1, -0.05) is 47.1 Å². The van der Waals surface area contributed by atoms with Gasteiger partial charge in [-0.2, -0.15) is 0 Å². The highest BCUT2D eigenvalue weighted by atomic mass is 35.5. The van der Waals surface area contributed by atoms with Crippen LogP contribution in [0.25, 0.3) is 6.08 Å². The molecule has 0 unspecified atom stereocenters. The predicted molar refractivity (Wildman–Crippen MR) is 50.6 cm³/mol. The van der Waals surface area contributed by atoms with Crippen LogP contribution < -0.4 is 0 Å². The lowest BCUT2D eigenvalue weighted by atomic mass is 10.2. The molecule has 0 fully saturated rings. The number of nitrogens with zero attached hydrogens (tertiary/aromatic N) is 1. The van der Waals surface area contributed by atoms with Crippen LogP contribution >= 0.6 is 11.6 Å². The summed E-state index contributed by atoms with van der Waals surface area (Å²) in [6.45, 7) is 0. The molecule has 0 saturated heterocycles. The van der Waals surface area contributed by atoms with E-state index in [1.165, 1.54) is 6.21 Å². The Balaban J connectivity index is 2.81. The lowest BCUT2D eigenvalue weighted by Gasteiger charge is -1.90. The van der Waals surface area contributed by atoms with E-state index in [9.17, 15) is 0 Å². The molecule has 0 aliphatic rings. The first-order valence-corrected chi connectivity index (χ1v) is 3.80. The van der Waals surface area contributed by atoms with Gasteiger partial charge < -0.3 is 5.21 Å². The van der Waals surface area contributed by atoms with Gasteiger partial charge in [0.1, 0.15) is 0 Å². The smallest absolute Gasteiger partial charge is 0.0847 e. The zero-order chi connectivity index (χ0) is 8.81. The number of halogens is 1. The summed E-state index contributed by atoms with van der Waals surface area (Å²) in [4.78, 5) is 0. The zero-order valence-electron chi connectivity index (χ0n) is 6.31. The number of rotatable bonds is 2. The van der Waals surface area contributed by atoms with Crippen LogP contribution in [-0.2, 0) is 0 Å². The van der Waals surface area contributed by atoms with E-state index in [2.05, 4.69) is 5.16 Å². The monoisotopic (exact) mass is 181 g/mol. The minimum absolute atomic E-state index is 0.392. The van der Waals surface area contributed by atoms with Gasteiger partial charge in [0.2, 0.25) is 0 Å². The molecule has 0 heterocycles. The molecule has 0 atom stereocenters. The number of hydrogen-bond donors (Lipinski definition) is 1. The van der Waals surface area contributed by atoms with Crippen LogP contribution in [0.5, 0.6) is 0 Å². The lowest BCUT2D eigenvalue weighted by molar-refractivity contribution is 0.322. The highest BCUT2D eigenvalue weighted by molar-refractivity contribution is 6.41. The summed E-state index contributed by atoms with van der Waals surface area (Å²) in [6, 6.07) is 9.56. The molecule has 0 bridgehead atoms. The molecule has 0 aliphatic carbocycles. The van der Waals surface area contributed by atoms with E-state index in [1.807, 2.05) is 30.3 Å². The third kappa shape index (κ3) is 2.76. The third-order valence-corrected chi connectivity index (χ3v) is 1.49. The fraction of sp³-hybridized carbons (Fsp3) is 0. The van der Waals surface area contributed by atoms with Crippen molar-refractivity contribution in [1.82, 2.24) is 0 Å². The molecule has 0 aliphatic heterocycles. The second-order valence-corrected chi connectivity index (χ2v) is 2.62. The largest absolute Gasteiger partial charge is 0.411 e. The van der Waals surface area contributed by atoms with Crippen molar-refractivity contribution in [3.05, 3.63) is 40.9 Å². The van der Waals surface area contributed by atoms with Crippen molar-refractivity contribution in [2.75, 3.05) is 0 Å². The van der Waals surface area contributed by atoms with Gasteiger partial charge in [-0.15, -0.1) is 0 Å². The summed E-state index contributed by atoms with van der Waals surface area (Å²) in [7, 11) is 0. The van der Waals surface area contributed by atoms with E-state index >= 15 is 0 Å². The Bertz CT molecular complexity index is 293. The zero-order valence-corrected chi connectivity index (χ0v) is 7.07. The molecular formula is C9H8ClNO. The van der Waals surface area contributed by atoms with Crippen LogP contribution in [0, 0.1) is 0 Å². The maximum atomic E-state index is 8.16. The van der Waals surface area contributed by atoms with Crippen LogP contribution in [0.4, 0.5) is 0 Å². The van der Waals surface area contributed by atoms with E-state index in [-0.39, 0.29) is 0 Å². The van der Waals surface area contributed by atoms with Crippen LogP contribution in [0.3, 0.4) is 0 Å². The average Bonchev–Trinajstić information content (AvgIpc) is 2.06. The molecule has 1 aromatic rings. The Kier molecular flexibility index (Phi) is 3.35. The molecule has 1 aromatic carbocycles. The standard InChI is InChI=1S/C9H8ClNO/c10-9(7-11-12)6-8-4-2-1-3-5-8/h1-7,12H/b9-6-,11-7+. The minimum Gasteiger partial charge on any atom is -0.411 e. The summed E-state index contributed by atoms with van der Waals surface area (Å²) >= 11 is 5.67. The van der Waals surface area contributed by atoms with Gasteiger partial charge in [-0.05, 0) is 11.6 Å². The molecule has 2 nitrogen and oxygen atoms in total. The van der Waals surface area contributed by atoms with E-state index in [4.69, 9.17) is 16.8 Å². The number of benzene rings is 1. The van der Waals surface area contributed by atoms with Gasteiger partial charge >= 0.3 is 0 Å². The van der Waals surface area contributed by atoms with Gasteiger partial charge in [0, 0.05) is 0 Å². The van der Waals surface area contributed by atoms with Gasteiger partial charge in [-0.25, -0.2) is 0 Å². The molecule has 1 N–H and O–H groups in total. The Hall–Kier alpha value is -1.28. The van der Waals surface area contributed by atoms with Crippen LogP contribution in [-0.4, -0.2) is 11.4 Å². The molecule has 1 rings (SSSR count). The minimum atomic E-state index is 0.392. The van der Waals surface area contributed by atoms with Crippen LogP contribution in [0.15, 0.2) is 40.5 Å². The summed E-state index contributed by atoms with van der Waals surface area (Å²) in [5.74, 6) is 0. The summed E-state index contributed by atoms with van der Waals surface area (Å²) < 4.78 is 0. The van der Waals surface area contributed by atoms with Crippen LogP contribution in [0.1, 0.15) is 5.56 Å². The Labute approximate surface area is 75.8 Å². The van der Waals surface area contributed by atoms with E-state index < -0.39 is 0 Å². The van der Waals surface area contributed by atoms with Crippen molar-refractivity contribution in [3.63, 3.8) is 0 Å². The number of hydrogen-bond acceptors (Lipinski definition) is 2. The third-order valence-electron chi connectivity index (χ3n) is 1.29. The lowest BCUT2D eigenvalue weighted by Crippen LogP contribution is -1.75. The maximum absolute atomic E-state index is 8.16. The van der Waals surface area contributed by atoms with Crippen molar-refractivity contribution in [1.29, 1.82) is 0 Å². The summed E-state index contributed by atoms with van der Waals surface area (Å²) in [5.41, 5.74) is 0.974. The van der Waals surface area contributed by atoms with Gasteiger partial charge in [-0.3, -0.25) is 0 Å². The second-order valence-electron chi connectivity index (χ2n) is 2.18. The Morgan fingerprint density at radius 1 is 1.33 bits per heavy atom. The molecule has 62 valence electrons. The average molecular weight is 182 g/mol. The first-order valence-electron chi connectivity index (χ1n) is 3.42.